The highest BCUT2D eigenvalue weighted by Gasteiger charge is 2.38. The van der Waals surface area contributed by atoms with Gasteiger partial charge in [-0.2, -0.15) is 0 Å². The average molecular weight is 270 g/mol. The molecule has 102 valence electrons. The van der Waals surface area contributed by atoms with E-state index in [0.717, 1.165) is 11.3 Å². The fraction of sp³-hybridized carbons (Fsp3) is 0.200. The Morgan fingerprint density at radius 2 is 2.10 bits per heavy atom. The van der Waals surface area contributed by atoms with Crippen molar-refractivity contribution in [2.24, 2.45) is 0 Å². The first-order chi connectivity index (χ1) is 9.48. The zero-order valence-electron chi connectivity index (χ0n) is 11.2. The van der Waals surface area contributed by atoms with Crippen molar-refractivity contribution in [1.29, 1.82) is 0 Å². The van der Waals surface area contributed by atoms with Gasteiger partial charge >= 0.3 is 0 Å². The summed E-state index contributed by atoms with van der Waals surface area (Å²) in [6, 6.07) is 8.61. The van der Waals surface area contributed by atoms with Gasteiger partial charge in [-0.25, -0.2) is 0 Å². The predicted octanol–water partition coefficient (Wildman–Crippen LogP) is 2.76. The minimum atomic E-state index is -0.596. The third-order valence-corrected chi connectivity index (χ3v) is 3.51. The SMILES string of the molecule is CC1(C)C(=O)Nc2ccc(NC(=O)c3ccco3)cc21. The molecule has 2 amide bonds. The molecule has 5 nitrogen and oxygen atoms in total. The van der Waals surface area contributed by atoms with Crippen LogP contribution >= 0.6 is 0 Å². The summed E-state index contributed by atoms with van der Waals surface area (Å²) in [7, 11) is 0. The zero-order valence-corrected chi connectivity index (χ0v) is 11.2. The maximum atomic E-state index is 11.9. The van der Waals surface area contributed by atoms with Gasteiger partial charge in [-0.15, -0.1) is 0 Å². The third-order valence-electron chi connectivity index (χ3n) is 3.51. The maximum absolute atomic E-state index is 11.9. The molecule has 0 bridgehead atoms. The Bertz CT molecular complexity index is 687. The van der Waals surface area contributed by atoms with Crippen molar-refractivity contribution in [2.45, 2.75) is 19.3 Å². The van der Waals surface area contributed by atoms with Crippen molar-refractivity contribution < 1.29 is 14.0 Å². The molecule has 1 aliphatic heterocycles. The van der Waals surface area contributed by atoms with Gasteiger partial charge < -0.3 is 15.1 Å². The monoisotopic (exact) mass is 270 g/mol. The Hall–Kier alpha value is -2.56. The van der Waals surface area contributed by atoms with Gasteiger partial charge in [0.25, 0.3) is 5.91 Å². The van der Waals surface area contributed by atoms with Gasteiger partial charge in [0.05, 0.1) is 11.7 Å². The number of anilines is 2. The van der Waals surface area contributed by atoms with Crippen LogP contribution in [0.3, 0.4) is 0 Å². The van der Waals surface area contributed by atoms with E-state index in [1.165, 1.54) is 6.26 Å². The van der Waals surface area contributed by atoms with Crippen molar-refractivity contribution >= 4 is 23.2 Å². The van der Waals surface area contributed by atoms with E-state index in [9.17, 15) is 9.59 Å². The second-order valence-electron chi connectivity index (χ2n) is 5.27. The van der Waals surface area contributed by atoms with Gasteiger partial charge in [0.2, 0.25) is 5.91 Å². The molecule has 2 N–H and O–H groups in total. The first-order valence-electron chi connectivity index (χ1n) is 6.29. The molecule has 2 aromatic rings. The second-order valence-corrected chi connectivity index (χ2v) is 5.27. The fourth-order valence-corrected chi connectivity index (χ4v) is 2.25. The summed E-state index contributed by atoms with van der Waals surface area (Å²) in [6.45, 7) is 3.71. The minimum absolute atomic E-state index is 0.0398. The van der Waals surface area contributed by atoms with Gasteiger partial charge in [-0.3, -0.25) is 9.59 Å². The van der Waals surface area contributed by atoms with Crippen molar-refractivity contribution in [1.82, 2.24) is 0 Å². The molecule has 0 saturated heterocycles. The molecule has 0 atom stereocenters. The smallest absolute Gasteiger partial charge is 0.291 e. The molecule has 0 spiro atoms. The van der Waals surface area contributed by atoms with Crippen LogP contribution in [0.4, 0.5) is 11.4 Å². The Kier molecular flexibility index (Phi) is 2.64. The maximum Gasteiger partial charge on any atom is 0.291 e. The van der Waals surface area contributed by atoms with E-state index >= 15 is 0 Å². The highest BCUT2D eigenvalue weighted by atomic mass is 16.3. The number of nitrogens with one attached hydrogen (secondary N) is 2. The number of benzene rings is 1. The number of hydrogen-bond acceptors (Lipinski definition) is 3. The van der Waals surface area contributed by atoms with Gasteiger partial charge in [0, 0.05) is 11.4 Å². The van der Waals surface area contributed by atoms with Gasteiger partial charge in [0.15, 0.2) is 5.76 Å². The molecule has 20 heavy (non-hydrogen) atoms. The number of hydrogen-bond donors (Lipinski definition) is 2. The van der Waals surface area contributed by atoms with Gasteiger partial charge in [-0.05, 0) is 49.7 Å². The van der Waals surface area contributed by atoms with Crippen LogP contribution in [0.15, 0.2) is 41.0 Å². The molecule has 5 heteroatoms. The van der Waals surface area contributed by atoms with Crippen LogP contribution in [0.1, 0.15) is 30.0 Å². The highest BCUT2D eigenvalue weighted by Crippen LogP contribution is 2.38. The van der Waals surface area contributed by atoms with Crippen LogP contribution in [-0.2, 0) is 10.2 Å². The topological polar surface area (TPSA) is 71.3 Å². The minimum Gasteiger partial charge on any atom is -0.459 e. The van der Waals surface area contributed by atoms with Crippen LogP contribution in [-0.4, -0.2) is 11.8 Å². The van der Waals surface area contributed by atoms with Crippen molar-refractivity contribution in [3.63, 3.8) is 0 Å². The summed E-state index contributed by atoms with van der Waals surface area (Å²) in [5, 5.41) is 5.58. The van der Waals surface area contributed by atoms with Crippen molar-refractivity contribution in [2.75, 3.05) is 10.6 Å². The lowest BCUT2D eigenvalue weighted by Crippen LogP contribution is -2.26. The molecular formula is C15H14N2O3. The summed E-state index contributed by atoms with van der Waals surface area (Å²) in [4.78, 5) is 23.8. The Morgan fingerprint density at radius 3 is 2.80 bits per heavy atom. The largest absolute Gasteiger partial charge is 0.459 e. The Balaban J connectivity index is 1.89. The van der Waals surface area contributed by atoms with E-state index in [-0.39, 0.29) is 17.6 Å². The lowest BCUT2D eigenvalue weighted by molar-refractivity contribution is -0.119. The van der Waals surface area contributed by atoms with E-state index in [4.69, 9.17) is 4.42 Å². The van der Waals surface area contributed by atoms with Crippen LogP contribution in [0, 0.1) is 0 Å². The number of amides is 2. The number of carbonyl (C=O) groups is 2. The number of rotatable bonds is 2. The van der Waals surface area contributed by atoms with E-state index in [1.807, 2.05) is 19.9 Å². The lowest BCUT2D eigenvalue weighted by Gasteiger charge is -2.15. The second kappa shape index (κ2) is 4.23. The van der Waals surface area contributed by atoms with Crippen LogP contribution in [0.5, 0.6) is 0 Å². The Morgan fingerprint density at radius 1 is 1.30 bits per heavy atom. The first-order valence-corrected chi connectivity index (χ1v) is 6.29. The molecule has 0 unspecified atom stereocenters. The average Bonchev–Trinajstić information content (AvgIpc) is 3.00. The third kappa shape index (κ3) is 1.87. The molecule has 0 aliphatic carbocycles. The molecule has 3 rings (SSSR count). The summed E-state index contributed by atoms with van der Waals surface area (Å²) in [6.07, 6.45) is 1.45. The van der Waals surface area contributed by atoms with Gasteiger partial charge in [0.1, 0.15) is 0 Å². The molecular weight excluding hydrogens is 256 g/mol. The summed E-state index contributed by atoms with van der Waals surface area (Å²) in [5.41, 5.74) is 1.70. The van der Waals surface area contributed by atoms with Crippen molar-refractivity contribution in [3.05, 3.63) is 47.9 Å². The molecule has 2 heterocycles. The summed E-state index contributed by atoms with van der Waals surface area (Å²) >= 11 is 0. The highest BCUT2D eigenvalue weighted by molar-refractivity contribution is 6.07. The predicted molar refractivity (Wildman–Crippen MR) is 74.8 cm³/mol. The number of carbonyl (C=O) groups excluding carboxylic acids is 2. The van der Waals surface area contributed by atoms with E-state index in [2.05, 4.69) is 10.6 Å². The molecule has 1 aromatic carbocycles. The van der Waals surface area contributed by atoms with Crippen LogP contribution < -0.4 is 10.6 Å². The molecule has 1 aliphatic rings. The normalized spacial score (nSPS) is 15.6. The van der Waals surface area contributed by atoms with Gasteiger partial charge in [-0.1, -0.05) is 0 Å². The zero-order chi connectivity index (χ0) is 14.3. The van der Waals surface area contributed by atoms with Crippen molar-refractivity contribution in [3.8, 4) is 0 Å². The quantitative estimate of drug-likeness (QED) is 0.881. The molecule has 1 aromatic heterocycles. The lowest BCUT2D eigenvalue weighted by atomic mass is 9.86. The molecule has 0 saturated carbocycles. The molecule has 0 fully saturated rings. The van der Waals surface area contributed by atoms with Crippen LogP contribution in [0.2, 0.25) is 0 Å². The van der Waals surface area contributed by atoms with Crippen LogP contribution in [0.25, 0.3) is 0 Å². The number of fused-ring (bicyclic) bond motifs is 1. The summed E-state index contributed by atoms with van der Waals surface area (Å²) in [5.74, 6) is -0.106. The van der Waals surface area contributed by atoms with E-state index < -0.39 is 5.41 Å². The Labute approximate surface area is 116 Å². The standard InChI is InChI=1S/C15H14N2O3/c1-15(2)10-8-9(5-6-11(10)17-14(15)19)16-13(18)12-4-3-7-20-12/h3-8H,1-2H3,(H,16,18)(H,17,19). The van der Waals surface area contributed by atoms with E-state index in [0.29, 0.717) is 5.69 Å². The first kappa shape index (κ1) is 12.5. The summed E-state index contributed by atoms with van der Waals surface area (Å²) < 4.78 is 5.04. The van der Waals surface area contributed by atoms with E-state index in [1.54, 1.807) is 24.3 Å². The number of furan rings is 1. The fourth-order valence-electron chi connectivity index (χ4n) is 2.25. The molecule has 0 radical (unpaired) electrons.